The average molecular weight is 517 g/mol. The highest BCUT2D eigenvalue weighted by atomic mass is 79.9. The summed E-state index contributed by atoms with van der Waals surface area (Å²) in [5, 5.41) is 2.79. The van der Waals surface area contributed by atoms with Crippen LogP contribution < -0.4 is 14.4 Å². The molecule has 32 heavy (non-hydrogen) atoms. The fraction of sp³-hybridized carbons (Fsp3) is 0.208. The molecule has 3 rings (SSSR count). The minimum Gasteiger partial charge on any atom is -0.492 e. The van der Waals surface area contributed by atoms with Crippen molar-refractivity contribution in [3.8, 4) is 5.75 Å². The third-order valence-electron chi connectivity index (χ3n) is 4.66. The lowest BCUT2D eigenvalue weighted by molar-refractivity contribution is 0.102. The summed E-state index contributed by atoms with van der Waals surface area (Å²) in [6, 6.07) is 20.0. The van der Waals surface area contributed by atoms with Crippen molar-refractivity contribution in [1.82, 2.24) is 0 Å². The van der Waals surface area contributed by atoms with Gasteiger partial charge in [-0.15, -0.1) is 0 Å². The van der Waals surface area contributed by atoms with Gasteiger partial charge in [-0.25, -0.2) is 8.42 Å². The molecule has 0 saturated heterocycles. The Bertz CT molecular complexity index is 1180. The number of carbonyl (C=O) groups is 1. The Morgan fingerprint density at radius 3 is 2.28 bits per heavy atom. The SMILES string of the molecule is CC(C)COc1ccc(C(=O)Nc2ccc(S(=O)(=O)N(C)c3ccccc3)cc2)cc1Br. The van der Waals surface area contributed by atoms with E-state index >= 15 is 0 Å². The zero-order valence-electron chi connectivity index (χ0n) is 18.1. The normalized spacial score (nSPS) is 11.3. The second kappa shape index (κ2) is 10.2. The molecule has 6 nitrogen and oxygen atoms in total. The molecule has 0 saturated carbocycles. The molecule has 0 bridgehead atoms. The maximum absolute atomic E-state index is 12.9. The Labute approximate surface area is 197 Å². The van der Waals surface area contributed by atoms with Crippen LogP contribution in [0.25, 0.3) is 0 Å². The Kier molecular flexibility index (Phi) is 7.58. The number of para-hydroxylation sites is 1. The molecular formula is C24H25BrN2O4S. The number of benzene rings is 3. The quantitative estimate of drug-likeness (QED) is 0.425. The van der Waals surface area contributed by atoms with E-state index in [1.807, 2.05) is 6.07 Å². The molecule has 0 atom stereocenters. The van der Waals surface area contributed by atoms with Gasteiger partial charge in [0.2, 0.25) is 0 Å². The molecule has 168 valence electrons. The fourth-order valence-corrected chi connectivity index (χ4v) is 4.55. The number of nitrogens with zero attached hydrogens (tertiary/aromatic N) is 1. The largest absolute Gasteiger partial charge is 0.492 e. The van der Waals surface area contributed by atoms with Gasteiger partial charge in [0.05, 0.1) is 21.7 Å². The number of hydrogen-bond acceptors (Lipinski definition) is 4. The molecule has 1 N–H and O–H groups in total. The van der Waals surface area contributed by atoms with Crippen molar-refractivity contribution in [2.24, 2.45) is 5.92 Å². The van der Waals surface area contributed by atoms with E-state index in [0.717, 1.165) is 0 Å². The number of carbonyl (C=O) groups excluding carboxylic acids is 1. The summed E-state index contributed by atoms with van der Waals surface area (Å²) in [4.78, 5) is 12.8. The van der Waals surface area contributed by atoms with Gasteiger partial charge in [-0.2, -0.15) is 0 Å². The van der Waals surface area contributed by atoms with Gasteiger partial charge in [0, 0.05) is 18.3 Å². The minimum atomic E-state index is -3.71. The van der Waals surface area contributed by atoms with Crippen molar-refractivity contribution in [3.05, 3.63) is 82.8 Å². The van der Waals surface area contributed by atoms with E-state index in [1.54, 1.807) is 54.6 Å². The Balaban J connectivity index is 1.70. The highest BCUT2D eigenvalue weighted by molar-refractivity contribution is 9.10. The van der Waals surface area contributed by atoms with Crippen molar-refractivity contribution in [2.75, 3.05) is 23.3 Å². The number of amides is 1. The number of sulfonamides is 1. The summed E-state index contributed by atoms with van der Waals surface area (Å²) in [6.07, 6.45) is 0. The summed E-state index contributed by atoms with van der Waals surface area (Å²) in [5.41, 5.74) is 1.51. The Morgan fingerprint density at radius 2 is 1.69 bits per heavy atom. The predicted molar refractivity (Wildman–Crippen MR) is 131 cm³/mol. The van der Waals surface area contributed by atoms with Crippen LogP contribution in [-0.4, -0.2) is 28.0 Å². The summed E-state index contributed by atoms with van der Waals surface area (Å²) >= 11 is 3.44. The number of nitrogens with one attached hydrogen (secondary N) is 1. The maximum Gasteiger partial charge on any atom is 0.264 e. The molecule has 0 aliphatic carbocycles. The zero-order valence-corrected chi connectivity index (χ0v) is 20.5. The molecule has 0 fully saturated rings. The molecule has 0 heterocycles. The number of anilines is 2. The van der Waals surface area contributed by atoms with Gasteiger partial charge in [-0.05, 0) is 76.4 Å². The summed E-state index contributed by atoms with van der Waals surface area (Å²) < 4.78 is 33.4. The monoisotopic (exact) mass is 516 g/mol. The molecule has 0 spiro atoms. The predicted octanol–water partition coefficient (Wildman–Crippen LogP) is 5.56. The van der Waals surface area contributed by atoms with Crippen molar-refractivity contribution in [1.29, 1.82) is 0 Å². The molecule has 3 aromatic rings. The van der Waals surface area contributed by atoms with E-state index < -0.39 is 10.0 Å². The first-order chi connectivity index (χ1) is 15.2. The first-order valence-electron chi connectivity index (χ1n) is 10.1. The smallest absolute Gasteiger partial charge is 0.264 e. The molecular weight excluding hydrogens is 492 g/mol. The topological polar surface area (TPSA) is 75.7 Å². The van der Waals surface area contributed by atoms with Crippen molar-refractivity contribution in [2.45, 2.75) is 18.7 Å². The average Bonchev–Trinajstić information content (AvgIpc) is 2.78. The second-order valence-electron chi connectivity index (χ2n) is 7.64. The number of halogens is 1. The van der Waals surface area contributed by atoms with Gasteiger partial charge in [0.15, 0.2) is 0 Å². The van der Waals surface area contributed by atoms with E-state index in [0.29, 0.717) is 39.7 Å². The summed E-state index contributed by atoms with van der Waals surface area (Å²) in [6.45, 7) is 4.71. The van der Waals surface area contributed by atoms with Crippen LogP contribution in [0.4, 0.5) is 11.4 Å². The Hall–Kier alpha value is -2.84. The lowest BCUT2D eigenvalue weighted by Gasteiger charge is -2.19. The lowest BCUT2D eigenvalue weighted by atomic mass is 10.2. The number of rotatable bonds is 8. The van der Waals surface area contributed by atoms with Crippen molar-refractivity contribution in [3.63, 3.8) is 0 Å². The fourth-order valence-electron chi connectivity index (χ4n) is 2.86. The summed E-state index contributed by atoms with van der Waals surface area (Å²) in [7, 11) is -2.20. The lowest BCUT2D eigenvalue weighted by Crippen LogP contribution is -2.26. The highest BCUT2D eigenvalue weighted by Crippen LogP contribution is 2.27. The standard InChI is InChI=1S/C24H25BrN2O4S/c1-17(2)16-31-23-14-9-18(15-22(23)25)24(28)26-19-10-12-21(13-11-19)32(29,30)27(3)20-7-5-4-6-8-20/h4-15,17H,16H2,1-3H3,(H,26,28). The van der Waals surface area contributed by atoms with Crippen LogP contribution >= 0.6 is 15.9 Å². The first-order valence-corrected chi connectivity index (χ1v) is 12.3. The zero-order chi connectivity index (χ0) is 23.3. The molecule has 0 aliphatic rings. The van der Waals surface area contributed by atoms with E-state index in [1.165, 1.54) is 23.5 Å². The van der Waals surface area contributed by atoms with Crippen LogP contribution in [0.3, 0.4) is 0 Å². The third kappa shape index (κ3) is 5.69. The van der Waals surface area contributed by atoms with E-state index in [9.17, 15) is 13.2 Å². The van der Waals surface area contributed by atoms with Gasteiger partial charge < -0.3 is 10.1 Å². The van der Waals surface area contributed by atoms with Crippen LogP contribution in [0.5, 0.6) is 5.75 Å². The van der Waals surface area contributed by atoms with Gasteiger partial charge in [0.25, 0.3) is 15.9 Å². The van der Waals surface area contributed by atoms with Crippen LogP contribution in [-0.2, 0) is 10.0 Å². The van der Waals surface area contributed by atoms with E-state index in [4.69, 9.17) is 4.74 Å². The van der Waals surface area contributed by atoms with Gasteiger partial charge in [0.1, 0.15) is 5.75 Å². The number of hydrogen-bond donors (Lipinski definition) is 1. The van der Waals surface area contributed by atoms with Crippen LogP contribution in [0, 0.1) is 5.92 Å². The van der Waals surface area contributed by atoms with E-state index in [-0.39, 0.29) is 10.8 Å². The molecule has 8 heteroatoms. The molecule has 1 amide bonds. The van der Waals surface area contributed by atoms with Gasteiger partial charge in [-0.1, -0.05) is 32.0 Å². The highest BCUT2D eigenvalue weighted by Gasteiger charge is 2.21. The first kappa shape index (κ1) is 23.8. The second-order valence-corrected chi connectivity index (χ2v) is 10.5. The van der Waals surface area contributed by atoms with Crippen LogP contribution in [0.1, 0.15) is 24.2 Å². The van der Waals surface area contributed by atoms with Crippen molar-refractivity contribution >= 4 is 43.2 Å². The van der Waals surface area contributed by atoms with Crippen LogP contribution in [0.15, 0.2) is 82.2 Å². The van der Waals surface area contributed by atoms with E-state index in [2.05, 4.69) is 35.1 Å². The maximum atomic E-state index is 12.9. The molecule has 0 radical (unpaired) electrons. The molecule has 0 aliphatic heterocycles. The third-order valence-corrected chi connectivity index (χ3v) is 7.08. The van der Waals surface area contributed by atoms with Gasteiger partial charge >= 0.3 is 0 Å². The van der Waals surface area contributed by atoms with Crippen molar-refractivity contribution < 1.29 is 17.9 Å². The van der Waals surface area contributed by atoms with Gasteiger partial charge in [-0.3, -0.25) is 9.10 Å². The number of ether oxygens (including phenoxy) is 1. The van der Waals surface area contributed by atoms with Crippen LogP contribution in [0.2, 0.25) is 0 Å². The molecule has 3 aromatic carbocycles. The summed E-state index contributed by atoms with van der Waals surface area (Å²) in [5.74, 6) is 0.759. The molecule has 0 aromatic heterocycles. The Morgan fingerprint density at radius 1 is 1.03 bits per heavy atom. The minimum absolute atomic E-state index is 0.135. The molecule has 0 unspecified atom stereocenters.